The number of nitrogens with zero attached hydrogens (tertiary/aromatic N) is 2. The monoisotopic (exact) mass is 367 g/mol. The topological polar surface area (TPSA) is 63.7 Å². The molecule has 2 aromatic rings. The van der Waals surface area contributed by atoms with Crippen LogP contribution in [0.5, 0.6) is 0 Å². The smallest absolute Gasteiger partial charge is 0.251 e. The van der Waals surface area contributed by atoms with Crippen LogP contribution >= 0.6 is 0 Å². The third kappa shape index (κ3) is 3.96. The molecule has 0 bridgehead atoms. The maximum atomic E-state index is 12.7. The first-order valence-electron chi connectivity index (χ1n) is 9.50. The molecule has 0 aliphatic carbocycles. The molecule has 1 spiro atoms. The normalized spacial score (nSPS) is 19.8. The first-order valence-corrected chi connectivity index (χ1v) is 9.50. The van der Waals surface area contributed by atoms with Crippen LogP contribution in [-0.2, 0) is 9.47 Å². The van der Waals surface area contributed by atoms with Gasteiger partial charge in [0.05, 0.1) is 19.3 Å². The summed E-state index contributed by atoms with van der Waals surface area (Å²) >= 11 is 0. The number of rotatable bonds is 4. The second-order valence-electron chi connectivity index (χ2n) is 7.10. The van der Waals surface area contributed by atoms with E-state index in [1.165, 1.54) is 0 Å². The average Bonchev–Trinajstić information content (AvgIpc) is 3.17. The van der Waals surface area contributed by atoms with E-state index in [0.29, 0.717) is 18.8 Å². The lowest BCUT2D eigenvalue weighted by Gasteiger charge is -2.38. The van der Waals surface area contributed by atoms with E-state index >= 15 is 0 Å². The molecule has 2 aliphatic rings. The zero-order chi connectivity index (χ0) is 18.7. The molecular formula is C21H25N3O3. The molecular weight excluding hydrogens is 342 g/mol. The van der Waals surface area contributed by atoms with Crippen LogP contribution < -0.4 is 10.2 Å². The molecule has 2 saturated heterocycles. The van der Waals surface area contributed by atoms with E-state index in [1.807, 2.05) is 43.3 Å². The van der Waals surface area contributed by atoms with E-state index in [1.54, 1.807) is 12.3 Å². The molecule has 4 rings (SSSR count). The summed E-state index contributed by atoms with van der Waals surface area (Å²) in [6, 6.07) is 13.5. The fourth-order valence-corrected chi connectivity index (χ4v) is 3.70. The second kappa shape index (κ2) is 7.66. The Hall–Kier alpha value is -2.44. The Morgan fingerprint density at radius 2 is 1.85 bits per heavy atom. The Bertz CT molecular complexity index is 780. The highest BCUT2D eigenvalue weighted by Gasteiger charge is 2.40. The first-order chi connectivity index (χ1) is 13.2. The van der Waals surface area contributed by atoms with Crippen molar-refractivity contribution in [1.82, 2.24) is 10.3 Å². The van der Waals surface area contributed by atoms with Crippen LogP contribution in [0.4, 0.5) is 5.82 Å². The SMILES string of the molecule is CC(NC(=O)c1ccnc(N2CCC3(CC2)OCCO3)c1)c1ccccc1. The van der Waals surface area contributed by atoms with Gasteiger partial charge < -0.3 is 19.7 Å². The maximum absolute atomic E-state index is 12.7. The van der Waals surface area contributed by atoms with Crippen molar-refractivity contribution in [2.24, 2.45) is 0 Å². The fraction of sp³-hybridized carbons (Fsp3) is 0.429. The van der Waals surface area contributed by atoms with Crippen molar-refractivity contribution in [3.8, 4) is 0 Å². The number of aromatic nitrogens is 1. The largest absolute Gasteiger partial charge is 0.356 e. The van der Waals surface area contributed by atoms with E-state index in [2.05, 4.69) is 15.2 Å². The van der Waals surface area contributed by atoms with Crippen LogP contribution in [-0.4, -0.2) is 43.0 Å². The molecule has 6 nitrogen and oxygen atoms in total. The molecule has 27 heavy (non-hydrogen) atoms. The number of hydrogen-bond acceptors (Lipinski definition) is 5. The number of ether oxygens (including phenoxy) is 2. The van der Waals surface area contributed by atoms with Crippen molar-refractivity contribution in [3.63, 3.8) is 0 Å². The van der Waals surface area contributed by atoms with Crippen molar-refractivity contribution in [1.29, 1.82) is 0 Å². The van der Waals surface area contributed by atoms with E-state index in [0.717, 1.165) is 37.3 Å². The highest BCUT2D eigenvalue weighted by atomic mass is 16.7. The van der Waals surface area contributed by atoms with Crippen LogP contribution in [0.15, 0.2) is 48.7 Å². The molecule has 1 N–H and O–H groups in total. The number of benzene rings is 1. The van der Waals surface area contributed by atoms with E-state index in [9.17, 15) is 4.79 Å². The third-order valence-electron chi connectivity index (χ3n) is 5.32. The molecule has 0 radical (unpaired) electrons. The highest BCUT2D eigenvalue weighted by Crippen LogP contribution is 2.32. The lowest BCUT2D eigenvalue weighted by Crippen LogP contribution is -2.45. The molecule has 6 heteroatoms. The minimum absolute atomic E-state index is 0.0539. The standard InChI is InChI=1S/C21H25N3O3/c1-16(17-5-3-2-4-6-17)23-20(25)18-7-10-22-19(15-18)24-11-8-21(9-12-24)26-13-14-27-21/h2-7,10,15-16H,8-9,11-14H2,1H3,(H,23,25). The lowest BCUT2D eigenvalue weighted by atomic mass is 10.0. The number of piperidine rings is 1. The molecule has 142 valence electrons. The van der Waals surface area contributed by atoms with Gasteiger partial charge in [0, 0.05) is 37.7 Å². The van der Waals surface area contributed by atoms with Crippen molar-refractivity contribution in [2.75, 3.05) is 31.2 Å². The van der Waals surface area contributed by atoms with E-state index in [4.69, 9.17) is 9.47 Å². The van der Waals surface area contributed by atoms with Crippen LogP contribution in [0.2, 0.25) is 0 Å². The molecule has 1 amide bonds. The van der Waals surface area contributed by atoms with Gasteiger partial charge >= 0.3 is 0 Å². The zero-order valence-corrected chi connectivity index (χ0v) is 15.6. The fourth-order valence-electron chi connectivity index (χ4n) is 3.70. The Morgan fingerprint density at radius 1 is 1.15 bits per heavy atom. The predicted octanol–water partition coefficient (Wildman–Crippen LogP) is 2.92. The van der Waals surface area contributed by atoms with Gasteiger partial charge in [-0.1, -0.05) is 30.3 Å². The van der Waals surface area contributed by atoms with E-state index in [-0.39, 0.29) is 11.9 Å². The number of carbonyl (C=O) groups is 1. The minimum atomic E-state index is -0.406. The summed E-state index contributed by atoms with van der Waals surface area (Å²) in [5, 5.41) is 3.06. The van der Waals surface area contributed by atoms with Crippen LogP contribution in [0, 0.1) is 0 Å². The van der Waals surface area contributed by atoms with Crippen molar-refractivity contribution < 1.29 is 14.3 Å². The summed E-state index contributed by atoms with van der Waals surface area (Å²) in [7, 11) is 0. The highest BCUT2D eigenvalue weighted by molar-refractivity contribution is 5.95. The van der Waals surface area contributed by atoms with Crippen LogP contribution in [0.25, 0.3) is 0 Å². The Balaban J connectivity index is 1.41. The number of pyridine rings is 1. The molecule has 1 atom stereocenters. The Morgan fingerprint density at radius 3 is 2.56 bits per heavy atom. The molecule has 2 aliphatic heterocycles. The van der Waals surface area contributed by atoms with Gasteiger partial charge in [0.2, 0.25) is 0 Å². The molecule has 3 heterocycles. The number of anilines is 1. The quantitative estimate of drug-likeness (QED) is 0.900. The zero-order valence-electron chi connectivity index (χ0n) is 15.6. The van der Waals surface area contributed by atoms with Gasteiger partial charge in [-0.2, -0.15) is 0 Å². The third-order valence-corrected chi connectivity index (χ3v) is 5.32. The molecule has 1 aromatic heterocycles. The van der Waals surface area contributed by atoms with Crippen LogP contribution in [0.3, 0.4) is 0 Å². The van der Waals surface area contributed by atoms with Gasteiger partial charge in [0.25, 0.3) is 5.91 Å². The molecule has 2 fully saturated rings. The van der Waals surface area contributed by atoms with Crippen LogP contribution in [0.1, 0.15) is 41.7 Å². The first kappa shape index (κ1) is 17.9. The summed E-state index contributed by atoms with van der Waals surface area (Å²) in [6.45, 7) is 4.94. The van der Waals surface area contributed by atoms with Gasteiger partial charge in [0.15, 0.2) is 5.79 Å². The summed E-state index contributed by atoms with van der Waals surface area (Å²) in [5.41, 5.74) is 1.70. The van der Waals surface area contributed by atoms with Crippen molar-refractivity contribution >= 4 is 11.7 Å². The van der Waals surface area contributed by atoms with Gasteiger partial charge in [-0.05, 0) is 24.6 Å². The van der Waals surface area contributed by atoms with Crippen molar-refractivity contribution in [3.05, 3.63) is 59.8 Å². The molecule has 0 saturated carbocycles. The van der Waals surface area contributed by atoms with Crippen molar-refractivity contribution in [2.45, 2.75) is 31.6 Å². The van der Waals surface area contributed by atoms with Gasteiger partial charge in [-0.25, -0.2) is 4.98 Å². The summed E-state index contributed by atoms with van der Waals surface area (Å²) in [5.74, 6) is 0.324. The lowest BCUT2D eigenvalue weighted by molar-refractivity contribution is -0.169. The Kier molecular flexibility index (Phi) is 5.09. The summed E-state index contributed by atoms with van der Waals surface area (Å²) < 4.78 is 11.6. The second-order valence-corrected chi connectivity index (χ2v) is 7.10. The van der Waals surface area contributed by atoms with Gasteiger partial charge in [-0.15, -0.1) is 0 Å². The molecule has 1 unspecified atom stereocenters. The van der Waals surface area contributed by atoms with E-state index < -0.39 is 5.79 Å². The summed E-state index contributed by atoms with van der Waals surface area (Å²) in [4.78, 5) is 19.3. The Labute approximate surface area is 159 Å². The van der Waals surface area contributed by atoms with Gasteiger partial charge in [-0.3, -0.25) is 4.79 Å². The number of hydrogen-bond donors (Lipinski definition) is 1. The average molecular weight is 367 g/mol. The predicted molar refractivity (Wildman–Crippen MR) is 103 cm³/mol. The minimum Gasteiger partial charge on any atom is -0.356 e. The number of carbonyl (C=O) groups excluding carboxylic acids is 1. The summed E-state index contributed by atoms with van der Waals surface area (Å²) in [6.07, 6.45) is 3.33. The number of amides is 1. The van der Waals surface area contributed by atoms with Gasteiger partial charge in [0.1, 0.15) is 5.82 Å². The number of nitrogens with one attached hydrogen (secondary N) is 1. The maximum Gasteiger partial charge on any atom is 0.251 e. The molecule has 1 aromatic carbocycles.